The first-order valence-electron chi connectivity index (χ1n) is 20.3. The largest absolute Gasteiger partial charge is 0.309 e. The van der Waals surface area contributed by atoms with Gasteiger partial charge in [-0.15, -0.1) is 11.3 Å². The third kappa shape index (κ3) is 5.00. The minimum Gasteiger partial charge on any atom is -0.309 e. The fraction of sp³-hybridized carbons (Fsp3) is 0. The van der Waals surface area contributed by atoms with E-state index < -0.39 is 0 Å². The molecule has 278 valence electrons. The van der Waals surface area contributed by atoms with E-state index >= 15 is 0 Å². The number of hydrogen-bond acceptors (Lipinski definition) is 4. The summed E-state index contributed by atoms with van der Waals surface area (Å²) in [6, 6.07) is 69.7. The number of hydrogen-bond donors (Lipinski definition) is 0. The standard InChI is InChI=1S/C55H32N4S/c1-3-12-33(13-4-1)53-56-54(34-14-5-2-6-15-34)58-55(57-53)35-22-26-38(27-23-35)59-47-28-24-36(37-25-29-50-44(30-37)41-18-9-10-21-49(41)60-50)31-46(47)52-43-20-11-19-42-39-16-7-8-17-40(39)45(51(42)43)32-48(52)59/h1-32H. The summed E-state index contributed by atoms with van der Waals surface area (Å²) in [7, 11) is 0. The summed E-state index contributed by atoms with van der Waals surface area (Å²) in [5, 5.41) is 7.73. The summed E-state index contributed by atoms with van der Waals surface area (Å²) >= 11 is 1.86. The van der Waals surface area contributed by atoms with Crippen molar-refractivity contribution in [1.29, 1.82) is 0 Å². The van der Waals surface area contributed by atoms with Crippen LogP contribution in [-0.4, -0.2) is 19.5 Å². The summed E-state index contributed by atoms with van der Waals surface area (Å²) in [6.45, 7) is 0. The predicted octanol–water partition coefficient (Wildman–Crippen LogP) is 14.8. The Hall–Kier alpha value is -7.73. The van der Waals surface area contributed by atoms with Crippen molar-refractivity contribution in [3.8, 4) is 73.2 Å². The van der Waals surface area contributed by atoms with Crippen LogP contribution in [0.3, 0.4) is 0 Å². The number of nitrogens with zero attached hydrogens (tertiary/aromatic N) is 4. The molecule has 4 nitrogen and oxygen atoms in total. The third-order valence-corrected chi connectivity index (χ3v) is 13.3. The summed E-state index contributed by atoms with van der Waals surface area (Å²) in [6.07, 6.45) is 0. The molecule has 0 radical (unpaired) electrons. The van der Waals surface area contributed by atoms with Gasteiger partial charge in [0, 0.05) is 53.3 Å². The van der Waals surface area contributed by atoms with Crippen LogP contribution in [0.15, 0.2) is 194 Å². The third-order valence-electron chi connectivity index (χ3n) is 12.2. The molecular formula is C55H32N4S. The van der Waals surface area contributed by atoms with Crippen LogP contribution in [0.25, 0.3) is 126 Å². The number of rotatable bonds is 5. The van der Waals surface area contributed by atoms with Gasteiger partial charge in [-0.1, -0.05) is 133 Å². The highest BCUT2D eigenvalue weighted by atomic mass is 32.1. The minimum atomic E-state index is 0.639. The van der Waals surface area contributed by atoms with Crippen molar-refractivity contribution >= 4 is 64.1 Å². The molecule has 0 amide bonds. The molecule has 13 rings (SSSR count). The first-order valence-corrected chi connectivity index (χ1v) is 21.1. The van der Waals surface area contributed by atoms with Gasteiger partial charge in [0.2, 0.25) is 0 Å². The predicted molar refractivity (Wildman–Crippen MR) is 251 cm³/mol. The van der Waals surface area contributed by atoms with Crippen LogP contribution in [0, 0.1) is 0 Å². The van der Waals surface area contributed by atoms with E-state index in [1.165, 1.54) is 86.1 Å². The smallest absolute Gasteiger partial charge is 0.164 e. The first-order chi connectivity index (χ1) is 29.7. The van der Waals surface area contributed by atoms with Gasteiger partial charge in [0.05, 0.1) is 11.0 Å². The molecule has 12 aromatic rings. The maximum atomic E-state index is 5.02. The summed E-state index contributed by atoms with van der Waals surface area (Å²) in [5.41, 5.74) is 13.9. The molecule has 1 aliphatic rings. The van der Waals surface area contributed by atoms with Crippen LogP contribution in [0.2, 0.25) is 0 Å². The van der Waals surface area contributed by atoms with Crippen molar-refractivity contribution in [3.63, 3.8) is 0 Å². The Balaban J connectivity index is 1.02. The van der Waals surface area contributed by atoms with Crippen LogP contribution in [-0.2, 0) is 0 Å². The summed E-state index contributed by atoms with van der Waals surface area (Å²) in [5.74, 6) is 1.94. The summed E-state index contributed by atoms with van der Waals surface area (Å²) < 4.78 is 5.08. The van der Waals surface area contributed by atoms with Crippen molar-refractivity contribution in [2.75, 3.05) is 0 Å². The lowest BCUT2D eigenvalue weighted by molar-refractivity contribution is 1.07. The van der Waals surface area contributed by atoms with Crippen LogP contribution in [0.5, 0.6) is 0 Å². The highest BCUT2D eigenvalue weighted by molar-refractivity contribution is 7.25. The van der Waals surface area contributed by atoms with E-state index in [1.807, 2.05) is 72.0 Å². The molecule has 0 N–H and O–H groups in total. The zero-order valence-corrected chi connectivity index (χ0v) is 33.0. The molecule has 1 aliphatic carbocycles. The van der Waals surface area contributed by atoms with Crippen molar-refractivity contribution in [2.45, 2.75) is 0 Å². The number of fused-ring (bicyclic) bond motifs is 10. The zero-order valence-electron chi connectivity index (χ0n) is 32.2. The Morgan fingerprint density at radius 3 is 1.57 bits per heavy atom. The Morgan fingerprint density at radius 2 is 0.850 bits per heavy atom. The van der Waals surface area contributed by atoms with Gasteiger partial charge in [-0.05, 0) is 105 Å². The molecule has 0 spiro atoms. The molecule has 9 aromatic carbocycles. The molecule has 0 fully saturated rings. The van der Waals surface area contributed by atoms with E-state index in [-0.39, 0.29) is 0 Å². The molecule has 60 heavy (non-hydrogen) atoms. The molecule has 0 unspecified atom stereocenters. The average Bonchev–Trinajstić information content (AvgIpc) is 3.97. The van der Waals surface area contributed by atoms with Crippen LogP contribution < -0.4 is 0 Å². The van der Waals surface area contributed by atoms with Crippen molar-refractivity contribution in [1.82, 2.24) is 19.5 Å². The lowest BCUT2D eigenvalue weighted by atomic mass is 9.96. The second-order valence-electron chi connectivity index (χ2n) is 15.6. The average molecular weight is 781 g/mol. The van der Waals surface area contributed by atoms with Gasteiger partial charge < -0.3 is 4.57 Å². The van der Waals surface area contributed by atoms with Gasteiger partial charge in [0.1, 0.15) is 0 Å². The molecule has 0 bridgehead atoms. The van der Waals surface area contributed by atoms with Crippen molar-refractivity contribution in [2.24, 2.45) is 0 Å². The monoisotopic (exact) mass is 780 g/mol. The van der Waals surface area contributed by atoms with Gasteiger partial charge in [-0.25, -0.2) is 15.0 Å². The summed E-state index contributed by atoms with van der Waals surface area (Å²) in [4.78, 5) is 15.0. The number of thiophene rings is 1. The maximum Gasteiger partial charge on any atom is 0.164 e. The normalized spacial score (nSPS) is 12.0. The highest BCUT2D eigenvalue weighted by Crippen LogP contribution is 2.51. The number of benzene rings is 9. The Morgan fingerprint density at radius 1 is 0.317 bits per heavy atom. The second-order valence-corrected chi connectivity index (χ2v) is 16.6. The van der Waals surface area contributed by atoms with Gasteiger partial charge >= 0.3 is 0 Å². The molecule has 0 aliphatic heterocycles. The lowest BCUT2D eigenvalue weighted by Gasteiger charge is -2.12. The SMILES string of the molecule is c1ccc(-c2nc(-c3ccccc3)nc(-c3ccc(-n4c5ccc(-c6ccc7sc8ccccc8c7c6)cc5c5c6cccc7c6c(cc54)-c4ccccc4-7)cc3)n2)cc1. The van der Waals surface area contributed by atoms with Crippen LogP contribution in [0.4, 0.5) is 0 Å². The van der Waals surface area contributed by atoms with Crippen molar-refractivity contribution < 1.29 is 0 Å². The lowest BCUT2D eigenvalue weighted by Crippen LogP contribution is -2.00. The molecule has 0 atom stereocenters. The fourth-order valence-electron chi connectivity index (χ4n) is 9.44. The fourth-order valence-corrected chi connectivity index (χ4v) is 10.5. The van der Waals surface area contributed by atoms with E-state index in [1.54, 1.807) is 0 Å². The van der Waals surface area contributed by atoms with Crippen LogP contribution >= 0.6 is 11.3 Å². The number of aromatic nitrogens is 4. The molecule has 0 saturated carbocycles. The molecule has 0 saturated heterocycles. The first kappa shape index (κ1) is 33.3. The minimum absolute atomic E-state index is 0.639. The maximum absolute atomic E-state index is 5.02. The van der Waals surface area contributed by atoms with Gasteiger partial charge in [0.25, 0.3) is 0 Å². The van der Waals surface area contributed by atoms with E-state index in [2.05, 4.69) is 138 Å². The van der Waals surface area contributed by atoms with Crippen molar-refractivity contribution in [3.05, 3.63) is 194 Å². The molecule has 5 heteroatoms. The van der Waals surface area contributed by atoms with Gasteiger partial charge in [0.15, 0.2) is 17.5 Å². The second kappa shape index (κ2) is 12.9. The van der Waals surface area contributed by atoms with E-state index in [4.69, 9.17) is 15.0 Å². The van der Waals surface area contributed by atoms with Crippen LogP contribution in [0.1, 0.15) is 0 Å². The van der Waals surface area contributed by atoms with E-state index in [9.17, 15) is 0 Å². The Kier molecular flexibility index (Phi) is 7.14. The van der Waals surface area contributed by atoms with Gasteiger partial charge in [-0.3, -0.25) is 0 Å². The Bertz CT molecular complexity index is 3640. The molecular weight excluding hydrogens is 749 g/mol. The molecule has 3 heterocycles. The highest BCUT2D eigenvalue weighted by Gasteiger charge is 2.26. The Labute approximate surface area is 349 Å². The van der Waals surface area contributed by atoms with E-state index in [0.717, 1.165) is 22.4 Å². The zero-order chi connectivity index (χ0) is 39.3. The molecule has 3 aromatic heterocycles. The van der Waals surface area contributed by atoms with E-state index in [0.29, 0.717) is 17.5 Å². The topological polar surface area (TPSA) is 43.6 Å². The van der Waals surface area contributed by atoms with Gasteiger partial charge in [-0.2, -0.15) is 0 Å². The quantitative estimate of drug-likeness (QED) is 0.175.